The monoisotopic (exact) mass is 177 g/mol. The Kier molecular flexibility index (Phi) is 2.26. The fraction of sp³-hybridized carbons (Fsp3) is 0.500. The molecule has 1 aromatic rings. The van der Waals surface area contributed by atoms with E-state index in [9.17, 15) is 0 Å². The highest BCUT2D eigenvalue weighted by Gasteiger charge is 2.11. The maximum atomic E-state index is 3.42. The lowest BCUT2D eigenvalue weighted by molar-refractivity contribution is 0.734. The van der Waals surface area contributed by atoms with E-state index in [0.29, 0.717) is 5.92 Å². The van der Waals surface area contributed by atoms with Gasteiger partial charge in [0, 0.05) is 13.7 Å². The summed E-state index contributed by atoms with van der Waals surface area (Å²) in [6, 6.07) is 6.87. The van der Waals surface area contributed by atoms with Crippen LogP contribution in [0.2, 0.25) is 0 Å². The molecule has 0 aromatic heterocycles. The van der Waals surface area contributed by atoms with E-state index in [1.54, 1.807) is 0 Å². The highest BCUT2D eigenvalue weighted by Crippen LogP contribution is 2.27. The van der Waals surface area contributed by atoms with E-state index in [-0.39, 0.29) is 1.43 Å². The lowest BCUT2D eigenvalue weighted by atomic mass is 9.97. The molecule has 1 aromatic carbocycles. The predicted molar refractivity (Wildman–Crippen MR) is 59.5 cm³/mol. The third-order valence-electron chi connectivity index (χ3n) is 3.03. The minimum Gasteiger partial charge on any atom is -0.384 e. The van der Waals surface area contributed by atoms with Gasteiger partial charge in [-0.2, -0.15) is 0 Å². The van der Waals surface area contributed by atoms with Gasteiger partial charge in [0.25, 0.3) is 0 Å². The fourth-order valence-electron chi connectivity index (χ4n) is 1.85. The van der Waals surface area contributed by atoms with Crippen LogP contribution in [-0.2, 0) is 6.42 Å². The van der Waals surface area contributed by atoms with E-state index < -0.39 is 0 Å². The first-order valence-corrected chi connectivity index (χ1v) is 5.18. The molecule has 0 spiro atoms. The average molecular weight is 177 g/mol. The zero-order chi connectivity index (χ0) is 9.26. The summed E-state index contributed by atoms with van der Waals surface area (Å²) in [5, 5.41) is 3.42. The number of rotatable bonds is 2. The molecular formula is C12H19N. The van der Waals surface area contributed by atoms with Crippen LogP contribution in [0.15, 0.2) is 18.2 Å². The van der Waals surface area contributed by atoms with Gasteiger partial charge < -0.3 is 5.32 Å². The van der Waals surface area contributed by atoms with E-state index in [2.05, 4.69) is 37.4 Å². The largest absolute Gasteiger partial charge is 0.384 e. The molecule has 0 fully saturated rings. The summed E-state index contributed by atoms with van der Waals surface area (Å²) in [7, 11) is 0. The van der Waals surface area contributed by atoms with Crippen molar-refractivity contribution in [2.24, 2.45) is 0 Å². The summed E-state index contributed by atoms with van der Waals surface area (Å²) in [4.78, 5) is 0. The molecule has 1 nitrogen and oxygen atoms in total. The van der Waals surface area contributed by atoms with Crippen molar-refractivity contribution in [3.63, 3.8) is 0 Å². The van der Waals surface area contributed by atoms with Gasteiger partial charge >= 0.3 is 0 Å². The van der Waals surface area contributed by atoms with Gasteiger partial charge in [0.2, 0.25) is 0 Å². The first kappa shape index (κ1) is 8.61. The molecule has 1 unspecified atom stereocenters. The molecule has 1 heterocycles. The lowest BCUT2D eigenvalue weighted by Crippen LogP contribution is -1.94. The Morgan fingerprint density at radius 3 is 3.15 bits per heavy atom. The topological polar surface area (TPSA) is 12.0 Å². The molecule has 72 valence electrons. The molecule has 1 aliphatic rings. The van der Waals surface area contributed by atoms with Gasteiger partial charge in [0.05, 0.1) is 0 Å². The fourth-order valence-corrected chi connectivity index (χ4v) is 1.85. The standard InChI is InChI=1S/C12H17N.H2/c1-3-9(2)11-5-4-10-6-7-13-12(10)8-11;/h4-5,8-9,13H,3,6-7H2,1-2H3;1H. The molecule has 0 saturated heterocycles. The summed E-state index contributed by atoms with van der Waals surface area (Å²) >= 11 is 0. The maximum absolute atomic E-state index is 3.42. The van der Waals surface area contributed by atoms with Crippen LogP contribution in [0.1, 0.15) is 38.7 Å². The van der Waals surface area contributed by atoms with Crippen LogP contribution in [0.5, 0.6) is 0 Å². The molecule has 1 atom stereocenters. The molecule has 13 heavy (non-hydrogen) atoms. The van der Waals surface area contributed by atoms with Gasteiger partial charge in [0.15, 0.2) is 0 Å². The molecule has 0 amide bonds. The van der Waals surface area contributed by atoms with Crippen LogP contribution < -0.4 is 5.32 Å². The van der Waals surface area contributed by atoms with Gasteiger partial charge in [0.1, 0.15) is 0 Å². The second kappa shape index (κ2) is 3.41. The summed E-state index contributed by atoms with van der Waals surface area (Å²) < 4.78 is 0. The number of fused-ring (bicyclic) bond motifs is 1. The van der Waals surface area contributed by atoms with Crippen molar-refractivity contribution >= 4 is 5.69 Å². The van der Waals surface area contributed by atoms with Gasteiger partial charge in [-0.15, -0.1) is 0 Å². The molecule has 1 aliphatic heterocycles. The normalized spacial score (nSPS) is 16.5. The third-order valence-corrected chi connectivity index (χ3v) is 3.03. The van der Waals surface area contributed by atoms with Crippen molar-refractivity contribution < 1.29 is 1.43 Å². The number of hydrogen-bond donors (Lipinski definition) is 1. The zero-order valence-corrected chi connectivity index (χ0v) is 8.43. The summed E-state index contributed by atoms with van der Waals surface area (Å²) in [5.41, 5.74) is 4.31. The van der Waals surface area contributed by atoms with Crippen molar-refractivity contribution in [1.29, 1.82) is 0 Å². The summed E-state index contributed by atoms with van der Waals surface area (Å²) in [6.07, 6.45) is 2.41. The van der Waals surface area contributed by atoms with E-state index in [0.717, 1.165) is 6.54 Å². The van der Waals surface area contributed by atoms with Gasteiger partial charge in [-0.05, 0) is 36.0 Å². The van der Waals surface area contributed by atoms with E-state index >= 15 is 0 Å². The van der Waals surface area contributed by atoms with Crippen molar-refractivity contribution in [2.75, 3.05) is 11.9 Å². The highest BCUT2D eigenvalue weighted by molar-refractivity contribution is 5.57. The van der Waals surface area contributed by atoms with Crippen LogP contribution in [0.4, 0.5) is 5.69 Å². The smallest absolute Gasteiger partial charge is 0.0376 e. The minimum atomic E-state index is 0. The molecule has 1 N–H and O–H groups in total. The van der Waals surface area contributed by atoms with E-state index in [1.165, 1.54) is 29.7 Å². The number of benzene rings is 1. The van der Waals surface area contributed by atoms with Gasteiger partial charge in [-0.3, -0.25) is 0 Å². The van der Waals surface area contributed by atoms with Gasteiger partial charge in [-0.25, -0.2) is 0 Å². The van der Waals surface area contributed by atoms with Crippen molar-refractivity contribution in [1.82, 2.24) is 0 Å². The molecule has 0 radical (unpaired) electrons. The first-order chi connectivity index (χ1) is 6.31. The van der Waals surface area contributed by atoms with Gasteiger partial charge in [-0.1, -0.05) is 26.0 Å². The zero-order valence-electron chi connectivity index (χ0n) is 8.43. The minimum absolute atomic E-state index is 0. The maximum Gasteiger partial charge on any atom is 0.0376 e. The van der Waals surface area contributed by atoms with Crippen LogP contribution in [0.25, 0.3) is 0 Å². The van der Waals surface area contributed by atoms with Crippen molar-refractivity contribution in [3.05, 3.63) is 29.3 Å². The Morgan fingerprint density at radius 1 is 1.54 bits per heavy atom. The quantitative estimate of drug-likeness (QED) is 0.730. The summed E-state index contributed by atoms with van der Waals surface area (Å²) in [5.74, 6) is 0.688. The molecular weight excluding hydrogens is 158 g/mol. The highest BCUT2D eigenvalue weighted by atomic mass is 14.9. The third kappa shape index (κ3) is 1.55. The molecule has 2 rings (SSSR count). The molecule has 0 saturated carbocycles. The number of anilines is 1. The number of hydrogen-bond acceptors (Lipinski definition) is 1. The lowest BCUT2D eigenvalue weighted by Gasteiger charge is -2.10. The summed E-state index contributed by atoms with van der Waals surface area (Å²) in [6.45, 7) is 5.64. The second-order valence-corrected chi connectivity index (χ2v) is 3.90. The van der Waals surface area contributed by atoms with Crippen molar-refractivity contribution in [2.45, 2.75) is 32.6 Å². The average Bonchev–Trinajstić information content (AvgIpc) is 2.63. The van der Waals surface area contributed by atoms with E-state index in [1.807, 2.05) is 0 Å². The molecule has 1 heteroatoms. The van der Waals surface area contributed by atoms with Crippen LogP contribution in [-0.4, -0.2) is 6.54 Å². The molecule has 0 bridgehead atoms. The second-order valence-electron chi connectivity index (χ2n) is 3.90. The van der Waals surface area contributed by atoms with Crippen molar-refractivity contribution in [3.8, 4) is 0 Å². The SMILES string of the molecule is CCC(C)c1ccc2c(c1)NCC2.[HH]. The van der Waals surface area contributed by atoms with Crippen LogP contribution >= 0.6 is 0 Å². The Labute approximate surface area is 81.6 Å². The Bertz CT molecular complexity index is 309. The van der Waals surface area contributed by atoms with Crippen LogP contribution in [0, 0.1) is 0 Å². The Balaban J connectivity index is 0.000000980. The predicted octanol–water partition coefficient (Wildman–Crippen LogP) is 3.41. The first-order valence-electron chi connectivity index (χ1n) is 5.18. The van der Waals surface area contributed by atoms with E-state index in [4.69, 9.17) is 0 Å². The molecule has 0 aliphatic carbocycles. The number of nitrogens with one attached hydrogen (secondary N) is 1. The Morgan fingerprint density at radius 2 is 2.38 bits per heavy atom. The van der Waals surface area contributed by atoms with Crippen LogP contribution in [0.3, 0.4) is 0 Å². The Hall–Kier alpha value is -0.980.